The molecule has 0 aliphatic carbocycles. The van der Waals surface area contributed by atoms with Crippen molar-refractivity contribution < 1.29 is 14.3 Å². The lowest BCUT2D eigenvalue weighted by atomic mass is 9.77. The Labute approximate surface area is 160 Å². The topological polar surface area (TPSA) is 35.5 Å². The Balaban J connectivity index is 3.61. The van der Waals surface area contributed by atoms with E-state index in [-0.39, 0.29) is 10.8 Å². The third kappa shape index (κ3) is 6.03. The zero-order valence-corrected chi connectivity index (χ0v) is 18.7. The highest BCUT2D eigenvalue weighted by molar-refractivity contribution is 5.67. The average Bonchev–Trinajstić information content (AvgIpc) is 2.41. The maximum atomic E-state index is 12.4. The quantitative estimate of drug-likeness (QED) is 0.424. The first-order chi connectivity index (χ1) is 11.6. The fourth-order valence-corrected chi connectivity index (χ4v) is 2.75. The minimum Gasteiger partial charge on any atom is -0.428 e. The summed E-state index contributed by atoms with van der Waals surface area (Å²) in [7, 11) is 0. The summed E-state index contributed by atoms with van der Waals surface area (Å²) in [6.07, 6.45) is 0.421. The number of carbonyl (C=O) groups excluding carboxylic acids is 1. The van der Waals surface area contributed by atoms with Gasteiger partial charge in [0.15, 0.2) is 0 Å². The first kappa shape index (κ1) is 22.5. The SMILES string of the molecule is CCC(C)c1cc(C(C)(C)C)c(OC(=O)OC(C)(C)C)c(C(C)(C)C)c1. The molecule has 1 aromatic carbocycles. The largest absolute Gasteiger partial charge is 0.514 e. The molecule has 3 nitrogen and oxygen atoms in total. The molecule has 0 N–H and O–H groups in total. The number of ether oxygens (including phenoxy) is 2. The molecule has 1 aromatic rings. The fourth-order valence-electron chi connectivity index (χ4n) is 2.75. The van der Waals surface area contributed by atoms with Crippen molar-refractivity contribution in [2.45, 2.75) is 105 Å². The number of hydrogen-bond acceptors (Lipinski definition) is 3. The second-order valence-electron chi connectivity index (χ2n) is 10.3. The lowest BCUT2D eigenvalue weighted by Gasteiger charge is -2.31. The monoisotopic (exact) mass is 362 g/mol. The van der Waals surface area contributed by atoms with Gasteiger partial charge in [0, 0.05) is 11.1 Å². The van der Waals surface area contributed by atoms with E-state index < -0.39 is 11.8 Å². The normalized spacial score (nSPS) is 14.1. The molecular weight excluding hydrogens is 324 g/mol. The molecule has 0 radical (unpaired) electrons. The second-order valence-corrected chi connectivity index (χ2v) is 10.3. The molecular formula is C23H38O3. The molecule has 1 rings (SSSR count). The summed E-state index contributed by atoms with van der Waals surface area (Å²) in [6, 6.07) is 4.40. The maximum absolute atomic E-state index is 12.4. The van der Waals surface area contributed by atoms with Crippen LogP contribution in [0, 0.1) is 0 Å². The van der Waals surface area contributed by atoms with Gasteiger partial charge in [0.05, 0.1) is 0 Å². The summed E-state index contributed by atoms with van der Waals surface area (Å²) >= 11 is 0. The minimum atomic E-state index is -0.648. The van der Waals surface area contributed by atoms with Crippen molar-refractivity contribution in [3.8, 4) is 5.75 Å². The van der Waals surface area contributed by atoms with Crippen molar-refractivity contribution in [2.24, 2.45) is 0 Å². The van der Waals surface area contributed by atoms with Gasteiger partial charge in [-0.05, 0) is 49.5 Å². The third-order valence-electron chi connectivity index (χ3n) is 4.48. The lowest BCUT2D eigenvalue weighted by molar-refractivity contribution is 0.0199. The standard InChI is InChI=1S/C23H38O3/c1-12-15(2)16-13-17(21(3,4)5)19(18(14-16)22(6,7)8)25-20(24)26-23(9,10)11/h13-15H,12H2,1-11H3. The van der Waals surface area contributed by atoms with Crippen LogP contribution in [0.4, 0.5) is 4.79 Å². The van der Waals surface area contributed by atoms with Crippen LogP contribution in [0.2, 0.25) is 0 Å². The van der Waals surface area contributed by atoms with Gasteiger partial charge < -0.3 is 9.47 Å². The van der Waals surface area contributed by atoms with Gasteiger partial charge in [0.25, 0.3) is 0 Å². The van der Waals surface area contributed by atoms with Crippen molar-refractivity contribution in [3.05, 3.63) is 28.8 Å². The van der Waals surface area contributed by atoms with Crippen LogP contribution in [0.1, 0.15) is 105 Å². The third-order valence-corrected chi connectivity index (χ3v) is 4.48. The highest BCUT2D eigenvalue weighted by atomic mass is 16.7. The Kier molecular flexibility index (Phi) is 6.60. The molecule has 0 heterocycles. The van der Waals surface area contributed by atoms with E-state index in [0.29, 0.717) is 11.7 Å². The van der Waals surface area contributed by atoms with Gasteiger partial charge in [0.2, 0.25) is 0 Å². The zero-order chi connectivity index (χ0) is 20.5. The van der Waals surface area contributed by atoms with E-state index in [9.17, 15) is 4.79 Å². The van der Waals surface area contributed by atoms with Gasteiger partial charge >= 0.3 is 6.16 Å². The van der Waals surface area contributed by atoms with Gasteiger partial charge in [-0.3, -0.25) is 0 Å². The molecule has 0 aliphatic heterocycles. The van der Waals surface area contributed by atoms with Crippen LogP contribution < -0.4 is 4.74 Å². The molecule has 0 fully saturated rings. The van der Waals surface area contributed by atoms with E-state index in [2.05, 4.69) is 67.5 Å². The molecule has 3 heteroatoms. The van der Waals surface area contributed by atoms with E-state index in [1.807, 2.05) is 20.8 Å². The fraction of sp³-hybridized carbons (Fsp3) is 0.696. The van der Waals surface area contributed by atoms with E-state index in [0.717, 1.165) is 17.5 Å². The Morgan fingerprint density at radius 3 is 1.65 bits per heavy atom. The van der Waals surface area contributed by atoms with Crippen molar-refractivity contribution >= 4 is 6.16 Å². The predicted molar refractivity (Wildman–Crippen MR) is 109 cm³/mol. The van der Waals surface area contributed by atoms with Crippen LogP contribution in [0.5, 0.6) is 5.75 Å². The Hall–Kier alpha value is -1.51. The van der Waals surface area contributed by atoms with Crippen molar-refractivity contribution in [1.82, 2.24) is 0 Å². The number of benzene rings is 1. The van der Waals surface area contributed by atoms with Crippen LogP contribution in [-0.4, -0.2) is 11.8 Å². The second kappa shape index (κ2) is 7.62. The Morgan fingerprint density at radius 1 is 0.923 bits per heavy atom. The van der Waals surface area contributed by atoms with Gasteiger partial charge in [-0.2, -0.15) is 0 Å². The summed E-state index contributed by atoms with van der Waals surface area (Å²) in [6.45, 7) is 22.9. The molecule has 26 heavy (non-hydrogen) atoms. The lowest BCUT2D eigenvalue weighted by Crippen LogP contribution is -2.28. The number of carbonyl (C=O) groups is 1. The van der Waals surface area contributed by atoms with E-state index in [1.165, 1.54) is 5.56 Å². The van der Waals surface area contributed by atoms with Crippen LogP contribution >= 0.6 is 0 Å². The highest BCUT2D eigenvalue weighted by Gasteiger charge is 2.31. The van der Waals surface area contributed by atoms with Crippen molar-refractivity contribution in [2.75, 3.05) is 0 Å². The average molecular weight is 363 g/mol. The summed E-state index contributed by atoms with van der Waals surface area (Å²) < 4.78 is 11.2. The van der Waals surface area contributed by atoms with E-state index in [4.69, 9.17) is 9.47 Å². The van der Waals surface area contributed by atoms with E-state index >= 15 is 0 Å². The molecule has 0 spiro atoms. The highest BCUT2D eigenvalue weighted by Crippen LogP contribution is 2.42. The number of hydrogen-bond donors (Lipinski definition) is 0. The van der Waals surface area contributed by atoms with Crippen LogP contribution in [0.25, 0.3) is 0 Å². The Bertz CT molecular complexity index is 602. The predicted octanol–water partition coefficient (Wildman–Crippen LogP) is 7.11. The van der Waals surface area contributed by atoms with Crippen molar-refractivity contribution in [3.63, 3.8) is 0 Å². The molecule has 148 valence electrons. The van der Waals surface area contributed by atoms with Gasteiger partial charge in [-0.25, -0.2) is 4.79 Å². The van der Waals surface area contributed by atoms with Gasteiger partial charge in [-0.1, -0.05) is 67.5 Å². The van der Waals surface area contributed by atoms with Crippen LogP contribution in [0.3, 0.4) is 0 Å². The molecule has 0 aromatic heterocycles. The smallest absolute Gasteiger partial charge is 0.428 e. The summed E-state index contributed by atoms with van der Waals surface area (Å²) in [5.74, 6) is 1.10. The first-order valence-electron chi connectivity index (χ1n) is 9.66. The van der Waals surface area contributed by atoms with Crippen LogP contribution in [-0.2, 0) is 15.6 Å². The van der Waals surface area contributed by atoms with Gasteiger partial charge in [0.1, 0.15) is 11.4 Å². The molecule has 1 atom stereocenters. The molecule has 1 unspecified atom stereocenters. The summed E-state index contributed by atoms with van der Waals surface area (Å²) in [5.41, 5.74) is 2.50. The maximum Gasteiger partial charge on any atom is 0.514 e. The Morgan fingerprint density at radius 2 is 1.35 bits per heavy atom. The molecule has 0 amide bonds. The summed E-state index contributed by atoms with van der Waals surface area (Å²) in [5, 5.41) is 0. The van der Waals surface area contributed by atoms with E-state index in [1.54, 1.807) is 0 Å². The first-order valence-corrected chi connectivity index (χ1v) is 9.66. The number of rotatable bonds is 3. The minimum absolute atomic E-state index is 0.152. The van der Waals surface area contributed by atoms with Crippen LogP contribution in [0.15, 0.2) is 12.1 Å². The molecule has 0 bridgehead atoms. The van der Waals surface area contributed by atoms with Gasteiger partial charge in [-0.15, -0.1) is 0 Å². The van der Waals surface area contributed by atoms with Crippen molar-refractivity contribution in [1.29, 1.82) is 0 Å². The summed E-state index contributed by atoms with van der Waals surface area (Å²) in [4.78, 5) is 12.4. The zero-order valence-electron chi connectivity index (χ0n) is 18.7. The molecule has 0 saturated heterocycles. The molecule has 0 aliphatic rings. The molecule has 0 saturated carbocycles.